The first-order valence-electron chi connectivity index (χ1n) is 9.23. The summed E-state index contributed by atoms with van der Waals surface area (Å²) >= 11 is 0. The Labute approximate surface area is 131 Å². The molecule has 1 aliphatic carbocycles. The van der Waals surface area contributed by atoms with E-state index >= 15 is 0 Å². The van der Waals surface area contributed by atoms with E-state index in [0.29, 0.717) is 12.1 Å². The van der Waals surface area contributed by atoms with Crippen LogP contribution in [0.1, 0.15) is 77.6 Å². The van der Waals surface area contributed by atoms with Gasteiger partial charge in [-0.1, -0.05) is 25.7 Å². The highest BCUT2D eigenvalue weighted by molar-refractivity contribution is 4.94. The maximum atomic E-state index is 6.33. The van der Waals surface area contributed by atoms with E-state index in [-0.39, 0.29) is 5.60 Å². The van der Waals surface area contributed by atoms with Gasteiger partial charge in [-0.15, -0.1) is 0 Å². The minimum absolute atomic E-state index is 0.0799. The van der Waals surface area contributed by atoms with Gasteiger partial charge >= 0.3 is 0 Å². The summed E-state index contributed by atoms with van der Waals surface area (Å²) in [4.78, 5) is 0. The molecule has 21 heavy (non-hydrogen) atoms. The quantitative estimate of drug-likeness (QED) is 0.686. The second-order valence-corrected chi connectivity index (χ2v) is 6.82. The topological polar surface area (TPSA) is 30.5 Å². The SMILES string of the molecule is CCOC1(C(CCCC2CCCO2)NC)CCCCCC1. The van der Waals surface area contributed by atoms with Crippen molar-refractivity contribution in [3.05, 3.63) is 0 Å². The maximum Gasteiger partial charge on any atom is 0.0834 e. The van der Waals surface area contributed by atoms with E-state index in [4.69, 9.17) is 9.47 Å². The Hall–Kier alpha value is -0.120. The van der Waals surface area contributed by atoms with Crippen molar-refractivity contribution in [3.8, 4) is 0 Å². The van der Waals surface area contributed by atoms with Gasteiger partial charge in [0.15, 0.2) is 0 Å². The van der Waals surface area contributed by atoms with Crippen LogP contribution in [0.15, 0.2) is 0 Å². The fourth-order valence-corrected chi connectivity index (χ4v) is 4.30. The van der Waals surface area contributed by atoms with Gasteiger partial charge in [-0.2, -0.15) is 0 Å². The molecule has 1 aliphatic heterocycles. The van der Waals surface area contributed by atoms with Crippen molar-refractivity contribution in [2.24, 2.45) is 0 Å². The average molecular weight is 297 g/mol. The van der Waals surface area contributed by atoms with Gasteiger partial charge in [0.1, 0.15) is 0 Å². The van der Waals surface area contributed by atoms with Crippen LogP contribution in [0.3, 0.4) is 0 Å². The molecule has 0 aromatic carbocycles. The van der Waals surface area contributed by atoms with Crippen LogP contribution in [0.2, 0.25) is 0 Å². The first-order chi connectivity index (χ1) is 10.3. The zero-order valence-electron chi connectivity index (χ0n) is 14.2. The molecule has 2 unspecified atom stereocenters. The Morgan fingerprint density at radius 3 is 2.52 bits per heavy atom. The van der Waals surface area contributed by atoms with E-state index in [0.717, 1.165) is 13.2 Å². The summed E-state index contributed by atoms with van der Waals surface area (Å²) < 4.78 is 12.1. The van der Waals surface area contributed by atoms with Crippen molar-refractivity contribution in [3.63, 3.8) is 0 Å². The molecule has 0 spiro atoms. The van der Waals surface area contributed by atoms with Gasteiger partial charge in [-0.25, -0.2) is 0 Å². The largest absolute Gasteiger partial charge is 0.378 e. The molecule has 3 heteroatoms. The van der Waals surface area contributed by atoms with Crippen molar-refractivity contribution in [2.75, 3.05) is 20.3 Å². The lowest BCUT2D eigenvalue weighted by atomic mass is 9.83. The van der Waals surface area contributed by atoms with E-state index < -0.39 is 0 Å². The lowest BCUT2D eigenvalue weighted by Gasteiger charge is -2.40. The molecule has 0 bridgehead atoms. The monoisotopic (exact) mass is 297 g/mol. The van der Waals surface area contributed by atoms with E-state index in [1.807, 2.05) is 0 Å². The summed E-state index contributed by atoms with van der Waals surface area (Å²) in [7, 11) is 2.11. The van der Waals surface area contributed by atoms with Crippen molar-refractivity contribution < 1.29 is 9.47 Å². The van der Waals surface area contributed by atoms with Gasteiger partial charge in [0.25, 0.3) is 0 Å². The summed E-state index contributed by atoms with van der Waals surface area (Å²) in [6.07, 6.45) is 14.6. The Morgan fingerprint density at radius 1 is 1.19 bits per heavy atom. The second-order valence-electron chi connectivity index (χ2n) is 6.82. The Kier molecular flexibility index (Phi) is 7.48. The van der Waals surface area contributed by atoms with Crippen LogP contribution in [0.4, 0.5) is 0 Å². The van der Waals surface area contributed by atoms with Crippen LogP contribution in [0.5, 0.6) is 0 Å². The lowest BCUT2D eigenvalue weighted by Crippen LogP contribution is -2.51. The van der Waals surface area contributed by atoms with Crippen molar-refractivity contribution in [1.29, 1.82) is 0 Å². The third-order valence-electron chi connectivity index (χ3n) is 5.41. The van der Waals surface area contributed by atoms with E-state index in [1.165, 1.54) is 70.6 Å². The second kappa shape index (κ2) is 9.12. The first-order valence-corrected chi connectivity index (χ1v) is 9.23. The highest BCUT2D eigenvalue weighted by Crippen LogP contribution is 2.35. The molecule has 124 valence electrons. The van der Waals surface area contributed by atoms with Gasteiger partial charge in [-0.3, -0.25) is 0 Å². The van der Waals surface area contributed by atoms with Gasteiger partial charge in [0, 0.05) is 19.3 Å². The number of nitrogens with one attached hydrogen (secondary N) is 1. The third-order valence-corrected chi connectivity index (χ3v) is 5.41. The van der Waals surface area contributed by atoms with Crippen LogP contribution < -0.4 is 5.32 Å². The molecule has 2 aliphatic rings. The molecule has 0 aromatic heterocycles. The van der Waals surface area contributed by atoms with E-state index in [2.05, 4.69) is 19.3 Å². The third kappa shape index (κ3) is 4.94. The van der Waals surface area contributed by atoms with Crippen LogP contribution in [-0.4, -0.2) is 38.0 Å². The number of ether oxygens (including phenoxy) is 2. The molecule has 2 fully saturated rings. The zero-order valence-corrected chi connectivity index (χ0v) is 14.2. The Balaban J connectivity index is 1.87. The van der Waals surface area contributed by atoms with Crippen LogP contribution in [-0.2, 0) is 9.47 Å². The Bertz CT molecular complexity index is 268. The van der Waals surface area contributed by atoms with Crippen LogP contribution in [0.25, 0.3) is 0 Å². The number of likely N-dealkylation sites (N-methyl/N-ethyl adjacent to an activating group) is 1. The van der Waals surface area contributed by atoms with Gasteiger partial charge in [0.05, 0.1) is 11.7 Å². The summed E-state index contributed by atoms with van der Waals surface area (Å²) in [5, 5.41) is 3.58. The minimum atomic E-state index is 0.0799. The molecule has 0 aromatic rings. The fraction of sp³-hybridized carbons (Fsp3) is 1.00. The molecule has 2 atom stereocenters. The minimum Gasteiger partial charge on any atom is -0.378 e. The molecule has 0 radical (unpaired) electrons. The predicted molar refractivity (Wildman–Crippen MR) is 87.7 cm³/mol. The molecule has 0 amide bonds. The molecule has 3 nitrogen and oxygen atoms in total. The van der Waals surface area contributed by atoms with E-state index in [1.54, 1.807) is 0 Å². The smallest absolute Gasteiger partial charge is 0.0834 e. The Morgan fingerprint density at radius 2 is 1.95 bits per heavy atom. The highest BCUT2D eigenvalue weighted by Gasteiger charge is 2.38. The fourth-order valence-electron chi connectivity index (χ4n) is 4.30. The molecule has 1 saturated heterocycles. The molecule has 1 saturated carbocycles. The van der Waals surface area contributed by atoms with Gasteiger partial charge in [0.2, 0.25) is 0 Å². The molecule has 1 heterocycles. The summed E-state index contributed by atoms with van der Waals surface area (Å²) in [6, 6.07) is 0.497. The van der Waals surface area contributed by atoms with Crippen molar-refractivity contribution in [1.82, 2.24) is 5.32 Å². The summed E-state index contributed by atoms with van der Waals surface area (Å²) in [5.41, 5.74) is 0.0799. The molecular weight excluding hydrogens is 262 g/mol. The lowest BCUT2D eigenvalue weighted by molar-refractivity contribution is -0.0779. The highest BCUT2D eigenvalue weighted by atomic mass is 16.5. The molecule has 2 rings (SSSR count). The van der Waals surface area contributed by atoms with Crippen molar-refractivity contribution in [2.45, 2.75) is 95.3 Å². The first kappa shape index (κ1) is 17.2. The summed E-state index contributed by atoms with van der Waals surface area (Å²) in [6.45, 7) is 3.96. The number of hydrogen-bond donors (Lipinski definition) is 1. The number of rotatable bonds is 8. The van der Waals surface area contributed by atoms with Gasteiger partial charge in [-0.05, 0) is 58.9 Å². The van der Waals surface area contributed by atoms with Crippen LogP contribution >= 0.6 is 0 Å². The van der Waals surface area contributed by atoms with Gasteiger partial charge < -0.3 is 14.8 Å². The van der Waals surface area contributed by atoms with E-state index in [9.17, 15) is 0 Å². The normalized spacial score (nSPS) is 27.4. The summed E-state index contributed by atoms with van der Waals surface area (Å²) in [5.74, 6) is 0. The van der Waals surface area contributed by atoms with Crippen LogP contribution in [0, 0.1) is 0 Å². The average Bonchev–Trinajstić information content (AvgIpc) is 2.90. The standard InChI is InChI=1S/C18H35NO2/c1-3-21-18(13-6-4-5-7-14-18)17(19-2)12-8-10-16-11-9-15-20-16/h16-17,19H,3-15H2,1-2H3. The maximum absolute atomic E-state index is 6.33. The predicted octanol–water partition coefficient (Wildman–Crippen LogP) is 4.05. The number of hydrogen-bond acceptors (Lipinski definition) is 3. The molecular formula is C18H35NO2. The molecule has 1 N–H and O–H groups in total. The zero-order chi connectivity index (χ0) is 15.0. The van der Waals surface area contributed by atoms with Crippen molar-refractivity contribution >= 4 is 0 Å².